The lowest BCUT2D eigenvalue weighted by Crippen LogP contribution is -2.58. The van der Waals surface area contributed by atoms with Crippen molar-refractivity contribution in [2.75, 3.05) is 6.54 Å². The number of aliphatic carboxylic acids is 1. The summed E-state index contributed by atoms with van der Waals surface area (Å²) in [6.45, 7) is 1.23. The molecule has 0 saturated heterocycles. The Balaban J connectivity index is 5.69. The third-order valence-electron chi connectivity index (χ3n) is 4.69. The van der Waals surface area contributed by atoms with Crippen LogP contribution in [0.15, 0.2) is 4.99 Å². The van der Waals surface area contributed by atoms with Crippen molar-refractivity contribution in [3.8, 4) is 0 Å². The standard InChI is InChI=1S/C19H35N9O8/c1-8(29)14(18(35)36)28-17(34)11(4-5-12(21)30)27-16(33)10(3-2-6-25-19(23)24)26-15(32)9(20)7-13(22)31/h8-11,14,29H,2-7,20H2,1H3,(H2,21,30)(H2,22,31)(H,26,32)(H,27,33)(H,28,34)(H,35,36)(H4,23,24,25). The third-order valence-corrected chi connectivity index (χ3v) is 4.69. The molecule has 0 aromatic rings. The summed E-state index contributed by atoms with van der Waals surface area (Å²) < 4.78 is 0. The van der Waals surface area contributed by atoms with Crippen LogP contribution in [-0.4, -0.2) is 88.5 Å². The number of carboxylic acid groups (broad SMARTS) is 1. The second-order valence-electron chi connectivity index (χ2n) is 7.92. The highest BCUT2D eigenvalue weighted by atomic mass is 16.4. The Morgan fingerprint density at radius 2 is 1.36 bits per heavy atom. The van der Waals surface area contributed by atoms with Crippen molar-refractivity contribution in [1.29, 1.82) is 0 Å². The van der Waals surface area contributed by atoms with Crippen LogP contribution in [0.25, 0.3) is 0 Å². The van der Waals surface area contributed by atoms with Crippen molar-refractivity contribution in [2.24, 2.45) is 33.7 Å². The van der Waals surface area contributed by atoms with Crippen LogP contribution in [0.2, 0.25) is 0 Å². The second kappa shape index (κ2) is 15.8. The van der Waals surface area contributed by atoms with E-state index in [0.29, 0.717) is 0 Å². The minimum atomic E-state index is -1.70. The summed E-state index contributed by atoms with van der Waals surface area (Å²) in [4.78, 5) is 75.3. The summed E-state index contributed by atoms with van der Waals surface area (Å²) in [5.74, 6) is -6.17. The molecular weight excluding hydrogens is 482 g/mol. The summed E-state index contributed by atoms with van der Waals surface area (Å²) in [5.41, 5.74) is 26.3. The monoisotopic (exact) mass is 517 g/mol. The Labute approximate surface area is 206 Å². The van der Waals surface area contributed by atoms with Gasteiger partial charge in [-0.1, -0.05) is 0 Å². The number of amides is 5. The van der Waals surface area contributed by atoms with E-state index in [0.717, 1.165) is 6.92 Å². The quantitative estimate of drug-likeness (QED) is 0.0492. The lowest BCUT2D eigenvalue weighted by atomic mass is 10.1. The predicted molar refractivity (Wildman–Crippen MR) is 125 cm³/mol. The number of primary amides is 2. The normalized spacial score (nSPS) is 14.8. The molecule has 0 saturated carbocycles. The van der Waals surface area contributed by atoms with Gasteiger partial charge in [-0.05, 0) is 26.2 Å². The van der Waals surface area contributed by atoms with Crippen LogP contribution >= 0.6 is 0 Å². The van der Waals surface area contributed by atoms with Crippen molar-refractivity contribution in [3.05, 3.63) is 0 Å². The maximum absolute atomic E-state index is 13.0. The molecule has 0 radical (unpaired) electrons. The van der Waals surface area contributed by atoms with Crippen LogP contribution in [0.3, 0.4) is 0 Å². The summed E-state index contributed by atoms with van der Waals surface area (Å²) in [6, 6.07) is -5.80. The number of guanidine groups is 1. The van der Waals surface area contributed by atoms with E-state index in [9.17, 15) is 39.0 Å². The number of carboxylic acids is 1. The second-order valence-corrected chi connectivity index (χ2v) is 7.92. The Morgan fingerprint density at radius 3 is 1.83 bits per heavy atom. The number of carbonyl (C=O) groups is 6. The molecule has 5 unspecified atom stereocenters. The SMILES string of the molecule is CC(O)C(NC(=O)C(CCC(N)=O)NC(=O)C(CCCN=C(N)N)NC(=O)C(N)CC(N)=O)C(=O)O. The van der Waals surface area contributed by atoms with Gasteiger partial charge in [0.1, 0.15) is 12.1 Å². The molecule has 204 valence electrons. The molecule has 0 aliphatic rings. The highest BCUT2D eigenvalue weighted by Gasteiger charge is 2.32. The van der Waals surface area contributed by atoms with E-state index in [1.807, 2.05) is 0 Å². The Bertz CT molecular complexity index is 845. The van der Waals surface area contributed by atoms with Crippen LogP contribution in [0.1, 0.15) is 39.0 Å². The molecule has 0 aliphatic carbocycles. The highest BCUT2D eigenvalue weighted by molar-refractivity contribution is 5.95. The average Bonchev–Trinajstić information content (AvgIpc) is 2.75. The van der Waals surface area contributed by atoms with E-state index in [-0.39, 0.29) is 38.2 Å². The Morgan fingerprint density at radius 1 is 0.833 bits per heavy atom. The first kappa shape index (κ1) is 32.0. The number of hydrogen-bond acceptors (Lipinski definition) is 9. The molecule has 5 atom stereocenters. The maximum Gasteiger partial charge on any atom is 0.328 e. The van der Waals surface area contributed by atoms with Gasteiger partial charge in [0.15, 0.2) is 12.0 Å². The molecule has 17 nitrogen and oxygen atoms in total. The predicted octanol–water partition coefficient (Wildman–Crippen LogP) is -5.57. The van der Waals surface area contributed by atoms with Crippen molar-refractivity contribution in [2.45, 2.75) is 69.3 Å². The number of hydrogen-bond donors (Lipinski definition) is 10. The van der Waals surface area contributed by atoms with E-state index in [1.54, 1.807) is 0 Å². The first-order valence-corrected chi connectivity index (χ1v) is 10.8. The molecule has 0 aliphatic heterocycles. The van der Waals surface area contributed by atoms with Gasteiger partial charge in [-0.2, -0.15) is 0 Å². The Kier molecular flexibility index (Phi) is 14.1. The zero-order valence-corrected chi connectivity index (χ0v) is 19.8. The molecule has 17 heteroatoms. The van der Waals surface area contributed by atoms with Crippen LogP contribution in [-0.2, 0) is 28.8 Å². The van der Waals surface area contributed by atoms with E-state index in [1.165, 1.54) is 0 Å². The van der Waals surface area contributed by atoms with Gasteiger partial charge in [-0.25, -0.2) is 4.79 Å². The van der Waals surface area contributed by atoms with Gasteiger partial charge in [-0.3, -0.25) is 29.0 Å². The number of nitrogens with two attached hydrogens (primary N) is 5. The first-order chi connectivity index (χ1) is 16.6. The van der Waals surface area contributed by atoms with Gasteiger partial charge < -0.3 is 54.8 Å². The molecule has 5 amide bonds. The minimum absolute atomic E-state index is 0.0345. The van der Waals surface area contributed by atoms with Gasteiger partial charge in [0.05, 0.1) is 18.6 Å². The summed E-state index contributed by atoms with van der Waals surface area (Å²) in [7, 11) is 0. The average molecular weight is 518 g/mol. The van der Waals surface area contributed by atoms with E-state index < -0.39 is 72.2 Å². The maximum atomic E-state index is 13.0. The number of aliphatic imine (C=N–C) groups is 1. The van der Waals surface area contributed by atoms with Crippen molar-refractivity contribution < 1.29 is 39.0 Å². The fourth-order valence-corrected chi connectivity index (χ4v) is 2.83. The number of nitrogens with zero attached hydrogens (tertiary/aromatic N) is 1. The molecule has 0 rings (SSSR count). The van der Waals surface area contributed by atoms with Gasteiger partial charge in [0.25, 0.3) is 0 Å². The fourth-order valence-electron chi connectivity index (χ4n) is 2.83. The van der Waals surface area contributed by atoms with Gasteiger partial charge in [0, 0.05) is 13.0 Å². The van der Waals surface area contributed by atoms with Crippen LogP contribution in [0.5, 0.6) is 0 Å². The molecule has 15 N–H and O–H groups in total. The van der Waals surface area contributed by atoms with Crippen LogP contribution < -0.4 is 44.6 Å². The Hall–Kier alpha value is -3.99. The van der Waals surface area contributed by atoms with Crippen molar-refractivity contribution >= 4 is 41.5 Å². The van der Waals surface area contributed by atoms with Gasteiger partial charge >= 0.3 is 5.97 Å². The third kappa shape index (κ3) is 13.0. The summed E-state index contributed by atoms with van der Waals surface area (Å²) >= 11 is 0. The molecule has 0 bridgehead atoms. The minimum Gasteiger partial charge on any atom is -0.480 e. The largest absolute Gasteiger partial charge is 0.480 e. The molecule has 0 aromatic carbocycles. The van der Waals surface area contributed by atoms with E-state index in [4.69, 9.17) is 28.7 Å². The van der Waals surface area contributed by atoms with E-state index in [2.05, 4.69) is 20.9 Å². The van der Waals surface area contributed by atoms with Crippen LogP contribution in [0.4, 0.5) is 0 Å². The molecular formula is C19H35N9O8. The number of aliphatic hydroxyl groups is 1. The summed E-state index contributed by atoms with van der Waals surface area (Å²) in [6.07, 6.45) is -2.47. The highest BCUT2D eigenvalue weighted by Crippen LogP contribution is 2.05. The molecule has 0 spiro atoms. The lowest BCUT2D eigenvalue weighted by molar-refractivity contribution is -0.145. The molecule has 0 aromatic heterocycles. The van der Waals surface area contributed by atoms with Crippen LogP contribution in [0, 0.1) is 0 Å². The molecule has 36 heavy (non-hydrogen) atoms. The number of aliphatic hydroxyl groups excluding tert-OH is 1. The molecule has 0 heterocycles. The summed E-state index contributed by atoms with van der Waals surface area (Å²) in [5, 5.41) is 25.5. The first-order valence-electron chi connectivity index (χ1n) is 10.8. The van der Waals surface area contributed by atoms with Crippen molar-refractivity contribution in [3.63, 3.8) is 0 Å². The number of nitrogens with one attached hydrogen (secondary N) is 3. The number of carbonyl (C=O) groups excluding carboxylic acids is 5. The smallest absolute Gasteiger partial charge is 0.328 e. The van der Waals surface area contributed by atoms with Gasteiger partial charge in [0.2, 0.25) is 29.5 Å². The van der Waals surface area contributed by atoms with E-state index >= 15 is 0 Å². The lowest BCUT2D eigenvalue weighted by Gasteiger charge is -2.25. The zero-order chi connectivity index (χ0) is 28.0. The number of rotatable bonds is 17. The van der Waals surface area contributed by atoms with Crippen molar-refractivity contribution in [1.82, 2.24) is 16.0 Å². The fraction of sp³-hybridized carbons (Fsp3) is 0.632. The topological polar surface area (TPSA) is 321 Å². The zero-order valence-electron chi connectivity index (χ0n) is 19.8. The van der Waals surface area contributed by atoms with Gasteiger partial charge in [-0.15, -0.1) is 0 Å². The molecule has 0 fully saturated rings.